The van der Waals surface area contributed by atoms with Crippen molar-refractivity contribution in [1.29, 1.82) is 0 Å². The number of carbonyl (C=O) groups excluding carboxylic acids is 1. The molecule has 0 aliphatic rings. The van der Waals surface area contributed by atoms with Crippen molar-refractivity contribution in [1.82, 2.24) is 9.55 Å². The Morgan fingerprint density at radius 3 is 2.48 bits per heavy atom. The van der Waals surface area contributed by atoms with Crippen molar-refractivity contribution in [3.63, 3.8) is 0 Å². The van der Waals surface area contributed by atoms with E-state index in [9.17, 15) is 13.2 Å². The van der Waals surface area contributed by atoms with Gasteiger partial charge >= 0.3 is 0 Å². The number of hydrogen-bond donors (Lipinski definition) is 1. The zero-order valence-electron chi connectivity index (χ0n) is 14.8. The monoisotopic (exact) mass is 403 g/mol. The minimum Gasteiger partial charge on any atom is -0.331 e. The highest BCUT2D eigenvalue weighted by molar-refractivity contribution is 7.90. The maximum atomic E-state index is 12.4. The number of amides is 1. The van der Waals surface area contributed by atoms with Crippen LogP contribution in [0.2, 0.25) is 5.02 Å². The van der Waals surface area contributed by atoms with E-state index < -0.39 is 15.7 Å². The summed E-state index contributed by atoms with van der Waals surface area (Å²) in [6, 6.07) is 11.6. The van der Waals surface area contributed by atoms with Crippen LogP contribution in [0.15, 0.2) is 59.8 Å². The Morgan fingerprint density at radius 2 is 1.89 bits per heavy atom. The maximum Gasteiger partial charge on any atom is 0.255 e. The van der Waals surface area contributed by atoms with Crippen LogP contribution in [0, 0.1) is 6.92 Å². The van der Waals surface area contributed by atoms with Crippen molar-refractivity contribution in [2.45, 2.75) is 18.4 Å². The summed E-state index contributed by atoms with van der Waals surface area (Å²) in [5.74, 6) is 0.520. The zero-order chi connectivity index (χ0) is 19.6. The molecular weight excluding hydrogens is 386 g/mol. The summed E-state index contributed by atoms with van der Waals surface area (Å²) in [7, 11) is -3.52. The van der Waals surface area contributed by atoms with Crippen LogP contribution >= 0.6 is 11.6 Å². The van der Waals surface area contributed by atoms with Gasteiger partial charge in [0, 0.05) is 36.4 Å². The number of aryl methyl sites for hydroxylation is 1. The van der Waals surface area contributed by atoms with Gasteiger partial charge in [0.05, 0.1) is 9.92 Å². The molecular formula is C19H18ClN3O3S. The van der Waals surface area contributed by atoms with E-state index in [4.69, 9.17) is 11.6 Å². The molecule has 0 radical (unpaired) electrons. The average molecular weight is 404 g/mol. The lowest BCUT2D eigenvalue weighted by Crippen LogP contribution is -2.13. The van der Waals surface area contributed by atoms with Crippen LogP contribution in [0.3, 0.4) is 0 Å². The Labute approximate surface area is 162 Å². The molecule has 1 N–H and O–H groups in total. The van der Waals surface area contributed by atoms with Gasteiger partial charge < -0.3 is 9.88 Å². The smallest absolute Gasteiger partial charge is 0.255 e. The summed E-state index contributed by atoms with van der Waals surface area (Å²) in [6.45, 7) is 2.63. The van der Waals surface area contributed by atoms with Crippen LogP contribution in [-0.2, 0) is 16.4 Å². The highest BCUT2D eigenvalue weighted by Crippen LogP contribution is 2.23. The highest BCUT2D eigenvalue weighted by Gasteiger charge is 2.16. The first-order chi connectivity index (χ1) is 12.7. The molecule has 1 heterocycles. The molecule has 3 rings (SSSR count). The normalized spacial score (nSPS) is 11.4. The molecule has 0 fully saturated rings. The van der Waals surface area contributed by atoms with Gasteiger partial charge in [0.2, 0.25) is 0 Å². The third-order valence-corrected chi connectivity index (χ3v) is 5.66. The first-order valence-corrected chi connectivity index (χ1v) is 10.4. The van der Waals surface area contributed by atoms with Gasteiger partial charge in [0.15, 0.2) is 9.84 Å². The summed E-state index contributed by atoms with van der Waals surface area (Å²) in [5, 5.41) is 2.85. The van der Waals surface area contributed by atoms with Gasteiger partial charge in [-0.3, -0.25) is 4.79 Å². The Hall–Kier alpha value is -2.64. The van der Waals surface area contributed by atoms with Gasteiger partial charge in [0.25, 0.3) is 5.91 Å². The van der Waals surface area contributed by atoms with Gasteiger partial charge in [-0.05, 0) is 42.8 Å². The van der Waals surface area contributed by atoms with Gasteiger partial charge in [0.1, 0.15) is 5.82 Å². The second kappa shape index (κ2) is 7.54. The Kier molecular flexibility index (Phi) is 5.34. The number of hydrogen-bond acceptors (Lipinski definition) is 4. The van der Waals surface area contributed by atoms with E-state index in [1.807, 2.05) is 29.8 Å². The topological polar surface area (TPSA) is 81.1 Å². The number of benzene rings is 2. The second-order valence-electron chi connectivity index (χ2n) is 6.17. The number of halogens is 1. The molecule has 6 nitrogen and oxygen atoms in total. The van der Waals surface area contributed by atoms with E-state index in [0.717, 1.165) is 17.6 Å². The molecule has 140 valence electrons. The number of imidazole rings is 1. The van der Waals surface area contributed by atoms with E-state index in [0.29, 0.717) is 12.2 Å². The Bertz CT molecular complexity index is 1090. The number of anilines is 1. The van der Waals surface area contributed by atoms with Crippen LogP contribution < -0.4 is 5.32 Å². The minimum absolute atomic E-state index is 0.0668. The summed E-state index contributed by atoms with van der Waals surface area (Å²) in [5.41, 5.74) is 1.90. The van der Waals surface area contributed by atoms with Crippen molar-refractivity contribution in [2.24, 2.45) is 0 Å². The fraction of sp³-hybridized carbons (Fsp3) is 0.158. The molecule has 27 heavy (non-hydrogen) atoms. The number of nitrogens with one attached hydrogen (secondary N) is 1. The fourth-order valence-electron chi connectivity index (χ4n) is 2.59. The molecule has 0 spiro atoms. The molecule has 0 saturated carbocycles. The molecule has 1 aromatic heterocycles. The van der Waals surface area contributed by atoms with Gasteiger partial charge in [-0.1, -0.05) is 23.7 Å². The van der Waals surface area contributed by atoms with E-state index in [1.54, 1.807) is 18.3 Å². The summed E-state index contributed by atoms with van der Waals surface area (Å²) in [6.07, 6.45) is 4.71. The molecule has 8 heteroatoms. The predicted octanol–water partition coefficient (Wildman–Crippen LogP) is 3.55. The third-order valence-electron chi connectivity index (χ3n) is 4.08. The largest absolute Gasteiger partial charge is 0.331 e. The fourth-order valence-corrected chi connectivity index (χ4v) is 3.89. The van der Waals surface area contributed by atoms with Crippen LogP contribution in [0.1, 0.15) is 21.7 Å². The minimum atomic E-state index is -3.52. The van der Waals surface area contributed by atoms with Gasteiger partial charge in [-0.25, -0.2) is 13.4 Å². The summed E-state index contributed by atoms with van der Waals surface area (Å²) in [4.78, 5) is 16.5. The van der Waals surface area contributed by atoms with Crippen molar-refractivity contribution >= 4 is 33.0 Å². The molecule has 0 unspecified atom stereocenters. The average Bonchev–Trinajstić information content (AvgIpc) is 3.01. The molecule has 0 bridgehead atoms. The molecule has 0 aliphatic heterocycles. The predicted molar refractivity (Wildman–Crippen MR) is 105 cm³/mol. The molecule has 3 aromatic rings. The molecule has 0 atom stereocenters. The number of sulfone groups is 1. The van der Waals surface area contributed by atoms with Crippen LogP contribution in [0.4, 0.5) is 5.69 Å². The summed E-state index contributed by atoms with van der Waals surface area (Å²) >= 11 is 5.92. The number of carbonyl (C=O) groups is 1. The van der Waals surface area contributed by atoms with E-state index >= 15 is 0 Å². The van der Waals surface area contributed by atoms with Crippen LogP contribution in [0.5, 0.6) is 0 Å². The van der Waals surface area contributed by atoms with E-state index in [1.165, 1.54) is 18.2 Å². The summed E-state index contributed by atoms with van der Waals surface area (Å²) < 4.78 is 25.5. The van der Waals surface area contributed by atoms with Crippen molar-refractivity contribution < 1.29 is 13.2 Å². The lowest BCUT2D eigenvalue weighted by atomic mass is 10.1. The first-order valence-electron chi connectivity index (χ1n) is 8.11. The van der Waals surface area contributed by atoms with E-state index in [2.05, 4.69) is 10.3 Å². The lowest BCUT2D eigenvalue weighted by molar-refractivity contribution is 0.102. The van der Waals surface area contributed by atoms with Crippen LogP contribution in [-0.4, -0.2) is 30.1 Å². The quantitative estimate of drug-likeness (QED) is 0.706. The molecule has 2 aromatic carbocycles. The second-order valence-corrected chi connectivity index (χ2v) is 8.56. The van der Waals surface area contributed by atoms with Gasteiger partial charge in [-0.15, -0.1) is 0 Å². The number of rotatable bonds is 5. The van der Waals surface area contributed by atoms with Crippen LogP contribution in [0.25, 0.3) is 0 Å². The van der Waals surface area contributed by atoms with Crippen molar-refractivity contribution in [2.75, 3.05) is 11.6 Å². The Morgan fingerprint density at radius 1 is 1.19 bits per heavy atom. The van der Waals surface area contributed by atoms with Gasteiger partial charge in [-0.2, -0.15) is 0 Å². The number of nitrogens with zero attached hydrogens (tertiary/aromatic N) is 2. The SMILES string of the molecule is Cc1nccn1Cc1ccc(NC(=O)c2ccc(Cl)c(S(C)(=O)=O)c2)cc1. The van der Waals surface area contributed by atoms with E-state index in [-0.39, 0.29) is 15.5 Å². The standard InChI is InChI=1S/C19H18ClN3O3S/c1-13-21-9-10-23(13)12-14-3-6-16(7-4-14)22-19(24)15-5-8-17(20)18(11-15)27(2,25)26/h3-11H,12H2,1-2H3,(H,22,24). The molecule has 0 aliphatic carbocycles. The van der Waals surface area contributed by atoms with Crippen molar-refractivity contribution in [3.8, 4) is 0 Å². The lowest BCUT2D eigenvalue weighted by Gasteiger charge is -2.09. The number of aromatic nitrogens is 2. The zero-order valence-corrected chi connectivity index (χ0v) is 16.4. The third kappa shape index (κ3) is 4.56. The van der Waals surface area contributed by atoms with Crippen molar-refractivity contribution in [3.05, 3.63) is 76.8 Å². The first kappa shape index (κ1) is 19.1. The Balaban J connectivity index is 1.74. The molecule has 0 saturated heterocycles. The maximum absolute atomic E-state index is 12.4. The molecule has 1 amide bonds. The highest BCUT2D eigenvalue weighted by atomic mass is 35.5.